The summed E-state index contributed by atoms with van der Waals surface area (Å²) < 4.78 is 0. The monoisotopic (exact) mass is 240 g/mol. The second-order valence-corrected chi connectivity index (χ2v) is 4.65. The Morgan fingerprint density at radius 3 is 2.81 bits per heavy atom. The fourth-order valence-electron chi connectivity index (χ4n) is 1.74. The Balaban J connectivity index is 2.09. The Morgan fingerprint density at radius 1 is 1.62 bits per heavy atom. The van der Waals surface area contributed by atoms with Gasteiger partial charge in [-0.2, -0.15) is 0 Å². The summed E-state index contributed by atoms with van der Waals surface area (Å²) >= 11 is 5.78. The van der Waals surface area contributed by atoms with Crippen molar-refractivity contribution in [1.29, 1.82) is 0 Å². The van der Waals surface area contributed by atoms with E-state index in [0.717, 1.165) is 12.8 Å². The molecule has 0 unspecified atom stereocenters. The average Bonchev–Trinajstić information content (AvgIpc) is 2.99. The minimum absolute atomic E-state index is 0.421. The van der Waals surface area contributed by atoms with E-state index in [9.17, 15) is 4.79 Å². The van der Waals surface area contributed by atoms with Crippen molar-refractivity contribution >= 4 is 23.4 Å². The van der Waals surface area contributed by atoms with Gasteiger partial charge in [0.25, 0.3) is 0 Å². The van der Waals surface area contributed by atoms with Gasteiger partial charge in [0.15, 0.2) is 0 Å². The summed E-state index contributed by atoms with van der Waals surface area (Å²) in [5.41, 5.74) is -0.571. The predicted octanol–water partition coefficient (Wildman–Crippen LogP) is 2.04. The van der Waals surface area contributed by atoms with E-state index in [1.165, 1.54) is 0 Å². The van der Waals surface area contributed by atoms with Crippen LogP contribution in [-0.4, -0.2) is 29.7 Å². The van der Waals surface area contributed by atoms with Crippen molar-refractivity contribution in [2.24, 2.45) is 5.41 Å². The molecule has 1 saturated carbocycles. The molecule has 0 saturated heterocycles. The Kier molecular flexibility index (Phi) is 2.76. The second-order valence-electron chi connectivity index (χ2n) is 4.26. The molecule has 16 heavy (non-hydrogen) atoms. The van der Waals surface area contributed by atoms with Crippen LogP contribution in [0.4, 0.5) is 5.82 Å². The number of carboxylic acids is 1. The average molecular weight is 241 g/mol. The molecule has 1 aromatic rings. The van der Waals surface area contributed by atoms with Crippen LogP contribution in [0.2, 0.25) is 5.15 Å². The molecular weight excluding hydrogens is 228 g/mol. The number of hydrogen-bond donors (Lipinski definition) is 1. The highest BCUT2D eigenvalue weighted by Crippen LogP contribution is 2.46. The number of rotatable bonds is 4. The Labute approximate surface area is 98.9 Å². The normalized spacial score (nSPS) is 16.9. The fraction of sp³-hybridized carbons (Fsp3) is 0.455. The highest BCUT2D eigenvalue weighted by molar-refractivity contribution is 6.29. The summed E-state index contributed by atoms with van der Waals surface area (Å²) in [5, 5.41) is 9.50. The molecule has 0 spiro atoms. The van der Waals surface area contributed by atoms with Crippen molar-refractivity contribution in [3.05, 3.63) is 23.4 Å². The molecule has 0 radical (unpaired) electrons. The van der Waals surface area contributed by atoms with Crippen LogP contribution >= 0.6 is 11.6 Å². The van der Waals surface area contributed by atoms with Gasteiger partial charge in [-0.25, -0.2) is 4.98 Å². The lowest BCUT2D eigenvalue weighted by molar-refractivity contribution is -0.142. The number of anilines is 1. The van der Waals surface area contributed by atoms with E-state index in [2.05, 4.69) is 4.98 Å². The third-order valence-corrected chi connectivity index (χ3v) is 3.15. The lowest BCUT2D eigenvalue weighted by Crippen LogP contribution is -2.32. The van der Waals surface area contributed by atoms with Crippen LogP contribution in [0.1, 0.15) is 12.8 Å². The number of nitrogens with zero attached hydrogens (tertiary/aromatic N) is 2. The first-order valence-electron chi connectivity index (χ1n) is 5.11. The zero-order valence-electron chi connectivity index (χ0n) is 8.98. The molecule has 0 bridgehead atoms. The van der Waals surface area contributed by atoms with Crippen LogP contribution in [0.5, 0.6) is 0 Å². The zero-order chi connectivity index (χ0) is 11.8. The van der Waals surface area contributed by atoms with E-state index in [1.54, 1.807) is 6.07 Å². The maximum Gasteiger partial charge on any atom is 0.311 e. The van der Waals surface area contributed by atoms with E-state index >= 15 is 0 Å². The van der Waals surface area contributed by atoms with Crippen molar-refractivity contribution in [2.75, 3.05) is 18.5 Å². The van der Waals surface area contributed by atoms with E-state index in [1.807, 2.05) is 24.1 Å². The van der Waals surface area contributed by atoms with Crippen LogP contribution in [-0.2, 0) is 4.79 Å². The molecular formula is C11H13ClN2O2. The number of aromatic nitrogens is 1. The molecule has 1 aliphatic rings. The molecule has 0 atom stereocenters. The fourth-order valence-corrected chi connectivity index (χ4v) is 1.89. The molecule has 0 amide bonds. The molecule has 1 fully saturated rings. The van der Waals surface area contributed by atoms with Crippen LogP contribution in [0.3, 0.4) is 0 Å². The number of pyridine rings is 1. The molecule has 86 valence electrons. The molecule has 4 nitrogen and oxygen atoms in total. The van der Waals surface area contributed by atoms with Crippen molar-refractivity contribution in [3.63, 3.8) is 0 Å². The van der Waals surface area contributed by atoms with E-state index in [0.29, 0.717) is 17.5 Å². The number of aliphatic carboxylic acids is 1. The minimum Gasteiger partial charge on any atom is -0.481 e. The highest BCUT2D eigenvalue weighted by atomic mass is 35.5. The standard InChI is InChI=1S/C11H13ClN2O2/c1-14(7-11(5-6-11)10(15)16)9-4-2-3-8(12)13-9/h2-4H,5-7H2,1H3,(H,15,16). The number of carboxylic acid groups (broad SMARTS) is 1. The van der Waals surface area contributed by atoms with Gasteiger partial charge in [0, 0.05) is 13.6 Å². The summed E-state index contributed by atoms with van der Waals surface area (Å²) in [5.74, 6) is -0.0126. The number of hydrogen-bond acceptors (Lipinski definition) is 3. The first-order chi connectivity index (χ1) is 7.53. The predicted molar refractivity (Wildman–Crippen MR) is 61.8 cm³/mol. The molecule has 5 heteroatoms. The minimum atomic E-state index is -0.721. The van der Waals surface area contributed by atoms with Gasteiger partial charge in [-0.1, -0.05) is 17.7 Å². The third kappa shape index (κ3) is 2.11. The van der Waals surface area contributed by atoms with Gasteiger partial charge in [0.05, 0.1) is 5.41 Å². The van der Waals surface area contributed by atoms with Gasteiger partial charge < -0.3 is 10.0 Å². The van der Waals surface area contributed by atoms with Crippen LogP contribution in [0, 0.1) is 5.41 Å². The molecule has 0 aliphatic heterocycles. The molecule has 0 aromatic carbocycles. The SMILES string of the molecule is CN(CC1(C(=O)O)CC1)c1cccc(Cl)n1. The smallest absolute Gasteiger partial charge is 0.311 e. The molecule has 1 aliphatic carbocycles. The van der Waals surface area contributed by atoms with Gasteiger partial charge in [0.2, 0.25) is 0 Å². The largest absolute Gasteiger partial charge is 0.481 e. The van der Waals surface area contributed by atoms with Gasteiger partial charge in [0.1, 0.15) is 11.0 Å². The van der Waals surface area contributed by atoms with Crippen molar-refractivity contribution in [2.45, 2.75) is 12.8 Å². The third-order valence-electron chi connectivity index (χ3n) is 2.94. The summed E-state index contributed by atoms with van der Waals surface area (Å²) in [4.78, 5) is 17.0. The summed E-state index contributed by atoms with van der Waals surface area (Å²) in [6, 6.07) is 5.33. The molecule has 1 N–H and O–H groups in total. The topological polar surface area (TPSA) is 53.4 Å². The van der Waals surface area contributed by atoms with Gasteiger partial charge in [-0.15, -0.1) is 0 Å². The summed E-state index contributed by atoms with van der Waals surface area (Å²) in [7, 11) is 1.83. The first kappa shape index (κ1) is 11.2. The summed E-state index contributed by atoms with van der Waals surface area (Å²) in [6.07, 6.45) is 1.49. The van der Waals surface area contributed by atoms with Crippen LogP contribution in [0.15, 0.2) is 18.2 Å². The lowest BCUT2D eigenvalue weighted by Gasteiger charge is -2.22. The maximum atomic E-state index is 11.0. The van der Waals surface area contributed by atoms with Gasteiger partial charge in [-0.05, 0) is 25.0 Å². The van der Waals surface area contributed by atoms with Crippen molar-refractivity contribution in [3.8, 4) is 0 Å². The first-order valence-corrected chi connectivity index (χ1v) is 5.48. The van der Waals surface area contributed by atoms with E-state index < -0.39 is 11.4 Å². The van der Waals surface area contributed by atoms with E-state index in [4.69, 9.17) is 16.7 Å². The quantitative estimate of drug-likeness (QED) is 0.819. The number of halogens is 1. The maximum absolute atomic E-state index is 11.0. The molecule has 1 aromatic heterocycles. The van der Waals surface area contributed by atoms with Crippen LogP contribution in [0.25, 0.3) is 0 Å². The van der Waals surface area contributed by atoms with Crippen molar-refractivity contribution < 1.29 is 9.90 Å². The molecule has 1 heterocycles. The van der Waals surface area contributed by atoms with Crippen molar-refractivity contribution in [1.82, 2.24) is 4.98 Å². The van der Waals surface area contributed by atoms with Crippen LogP contribution < -0.4 is 4.90 Å². The highest BCUT2D eigenvalue weighted by Gasteiger charge is 2.51. The van der Waals surface area contributed by atoms with Gasteiger partial charge >= 0.3 is 5.97 Å². The second kappa shape index (κ2) is 3.94. The molecule has 2 rings (SSSR count). The lowest BCUT2D eigenvalue weighted by atomic mass is 10.1. The Bertz CT molecular complexity index is 418. The van der Waals surface area contributed by atoms with Gasteiger partial charge in [-0.3, -0.25) is 4.79 Å². The van der Waals surface area contributed by atoms with E-state index in [-0.39, 0.29) is 0 Å². The number of carbonyl (C=O) groups is 1. The zero-order valence-corrected chi connectivity index (χ0v) is 9.74. The Hall–Kier alpha value is -1.29. The summed E-state index contributed by atoms with van der Waals surface area (Å²) in [6.45, 7) is 0.482. The Morgan fingerprint density at radius 2 is 2.31 bits per heavy atom.